The molecule has 5 nitrogen and oxygen atoms in total. The third-order valence-electron chi connectivity index (χ3n) is 2.82. The van der Waals surface area contributed by atoms with Gasteiger partial charge in [0.1, 0.15) is 4.90 Å². The largest absolute Gasteiger partial charge is 0.281 e. The Labute approximate surface area is 130 Å². The second kappa shape index (κ2) is 5.38. The first-order valence-electron chi connectivity index (χ1n) is 5.72. The maximum Gasteiger partial charge on any atom is 0.265 e. The lowest BCUT2D eigenvalue weighted by Gasteiger charge is -2.11. The van der Waals surface area contributed by atoms with E-state index in [9.17, 15) is 8.42 Å². The molecule has 2 N–H and O–H groups in total. The number of hydrogen-bond acceptors (Lipinski definition) is 3. The summed E-state index contributed by atoms with van der Waals surface area (Å²) in [5.41, 5.74) is 2.16. The van der Waals surface area contributed by atoms with Crippen LogP contribution in [0.3, 0.4) is 0 Å². The zero-order valence-corrected chi connectivity index (χ0v) is 14.2. The van der Waals surface area contributed by atoms with Crippen molar-refractivity contribution in [1.82, 2.24) is 10.2 Å². The summed E-state index contributed by atoms with van der Waals surface area (Å²) < 4.78 is 28.0. The molecule has 0 atom stereocenters. The number of H-pyrrole nitrogens is 1. The minimum atomic E-state index is -3.72. The van der Waals surface area contributed by atoms with E-state index in [-0.39, 0.29) is 4.90 Å². The Morgan fingerprint density at radius 1 is 1.30 bits per heavy atom. The summed E-state index contributed by atoms with van der Waals surface area (Å²) >= 11 is 9.35. The highest BCUT2D eigenvalue weighted by molar-refractivity contribution is 9.10. The predicted molar refractivity (Wildman–Crippen MR) is 82.8 cm³/mol. The van der Waals surface area contributed by atoms with Crippen LogP contribution in [0, 0.1) is 20.8 Å². The maximum atomic E-state index is 12.4. The molecular weight excluding hydrogens is 366 g/mol. The van der Waals surface area contributed by atoms with Gasteiger partial charge in [-0.1, -0.05) is 11.6 Å². The molecule has 0 saturated carbocycles. The Kier molecular flexibility index (Phi) is 4.13. The molecule has 20 heavy (non-hydrogen) atoms. The molecule has 1 aromatic heterocycles. The second-order valence-electron chi connectivity index (χ2n) is 4.45. The highest BCUT2D eigenvalue weighted by Crippen LogP contribution is 2.31. The number of nitrogens with zero attached hydrogens (tertiary/aromatic N) is 1. The number of sulfonamides is 1. The van der Waals surface area contributed by atoms with Crippen molar-refractivity contribution in [1.29, 1.82) is 0 Å². The molecule has 2 aromatic rings. The first-order valence-corrected chi connectivity index (χ1v) is 8.38. The minimum absolute atomic E-state index is 0.154. The molecule has 108 valence electrons. The molecule has 8 heteroatoms. The van der Waals surface area contributed by atoms with E-state index in [1.165, 1.54) is 0 Å². The van der Waals surface area contributed by atoms with Gasteiger partial charge in [-0.2, -0.15) is 5.10 Å². The van der Waals surface area contributed by atoms with Gasteiger partial charge in [-0.15, -0.1) is 0 Å². The van der Waals surface area contributed by atoms with Crippen molar-refractivity contribution >= 4 is 43.2 Å². The number of benzene rings is 1. The van der Waals surface area contributed by atoms with Crippen LogP contribution < -0.4 is 4.72 Å². The van der Waals surface area contributed by atoms with Gasteiger partial charge in [-0.3, -0.25) is 9.82 Å². The molecule has 0 bridgehead atoms. The van der Waals surface area contributed by atoms with E-state index in [1.807, 2.05) is 6.92 Å². The van der Waals surface area contributed by atoms with Gasteiger partial charge in [0.25, 0.3) is 10.0 Å². The zero-order chi connectivity index (χ0) is 15.1. The zero-order valence-electron chi connectivity index (χ0n) is 11.1. The van der Waals surface area contributed by atoms with E-state index in [2.05, 4.69) is 30.8 Å². The van der Waals surface area contributed by atoms with Crippen LogP contribution in [0.15, 0.2) is 21.5 Å². The van der Waals surface area contributed by atoms with Crippen LogP contribution in [-0.4, -0.2) is 18.6 Å². The lowest BCUT2D eigenvalue weighted by atomic mass is 10.2. The molecule has 0 fully saturated rings. The molecule has 0 aliphatic carbocycles. The number of aryl methyl sites for hydroxylation is 3. The van der Waals surface area contributed by atoms with Crippen LogP contribution in [-0.2, 0) is 10.0 Å². The Morgan fingerprint density at radius 3 is 2.50 bits per heavy atom. The van der Waals surface area contributed by atoms with Crippen molar-refractivity contribution in [2.75, 3.05) is 4.72 Å². The quantitative estimate of drug-likeness (QED) is 0.857. The van der Waals surface area contributed by atoms with Gasteiger partial charge < -0.3 is 0 Å². The summed E-state index contributed by atoms with van der Waals surface area (Å²) in [6.07, 6.45) is 0. The van der Waals surface area contributed by atoms with Crippen molar-refractivity contribution in [3.8, 4) is 0 Å². The highest BCUT2D eigenvalue weighted by atomic mass is 79.9. The Bertz CT molecular complexity index is 752. The summed E-state index contributed by atoms with van der Waals surface area (Å²) in [7, 11) is -3.72. The van der Waals surface area contributed by atoms with Gasteiger partial charge >= 0.3 is 0 Å². The van der Waals surface area contributed by atoms with Crippen LogP contribution >= 0.6 is 27.5 Å². The fraction of sp³-hybridized carbons (Fsp3) is 0.250. The van der Waals surface area contributed by atoms with E-state index in [0.29, 0.717) is 26.6 Å². The average Bonchev–Trinajstić information content (AvgIpc) is 2.66. The standard InChI is InChI=1S/C12H13BrClN3O2S/c1-6-4-9(13)11(5-10(6)14)17-20(18,19)12-7(2)15-16-8(12)3/h4-5,17H,1-3H3,(H,15,16). The molecule has 0 unspecified atom stereocenters. The van der Waals surface area contributed by atoms with Crippen molar-refractivity contribution in [2.45, 2.75) is 25.7 Å². The van der Waals surface area contributed by atoms with Gasteiger partial charge in [0.15, 0.2) is 0 Å². The number of nitrogens with one attached hydrogen (secondary N) is 2. The molecule has 0 spiro atoms. The summed E-state index contributed by atoms with van der Waals surface area (Å²) in [4.78, 5) is 0.154. The summed E-state index contributed by atoms with van der Waals surface area (Å²) in [5, 5.41) is 7.05. The molecule has 0 aliphatic rings. The molecule has 0 saturated heterocycles. The van der Waals surface area contributed by atoms with Gasteiger partial charge in [-0.05, 0) is 54.4 Å². The van der Waals surface area contributed by atoms with Crippen LogP contribution in [0.2, 0.25) is 5.02 Å². The summed E-state index contributed by atoms with van der Waals surface area (Å²) in [6.45, 7) is 5.14. The van der Waals surface area contributed by atoms with Crippen LogP contribution in [0.1, 0.15) is 17.0 Å². The lowest BCUT2D eigenvalue weighted by molar-refractivity contribution is 0.600. The number of anilines is 1. The normalized spacial score (nSPS) is 11.7. The van der Waals surface area contributed by atoms with Gasteiger partial charge in [0.2, 0.25) is 0 Å². The molecule has 1 aromatic carbocycles. The van der Waals surface area contributed by atoms with E-state index >= 15 is 0 Å². The Morgan fingerprint density at radius 2 is 1.95 bits per heavy atom. The fourth-order valence-electron chi connectivity index (χ4n) is 1.86. The maximum absolute atomic E-state index is 12.4. The fourth-order valence-corrected chi connectivity index (χ4v) is 4.15. The van der Waals surface area contributed by atoms with Crippen LogP contribution in [0.4, 0.5) is 5.69 Å². The van der Waals surface area contributed by atoms with E-state index in [4.69, 9.17) is 11.6 Å². The number of halogens is 2. The average molecular weight is 379 g/mol. The third-order valence-corrected chi connectivity index (χ3v) is 5.51. The van der Waals surface area contributed by atoms with Gasteiger partial charge in [-0.25, -0.2) is 8.42 Å². The molecule has 0 aliphatic heterocycles. The summed E-state index contributed by atoms with van der Waals surface area (Å²) in [5.74, 6) is 0. The van der Waals surface area contributed by atoms with Crippen molar-refractivity contribution < 1.29 is 8.42 Å². The topological polar surface area (TPSA) is 74.8 Å². The Balaban J connectivity index is 2.47. The van der Waals surface area contributed by atoms with E-state index in [0.717, 1.165) is 5.56 Å². The van der Waals surface area contributed by atoms with Crippen LogP contribution in [0.5, 0.6) is 0 Å². The molecular formula is C12H13BrClN3O2S. The van der Waals surface area contributed by atoms with Crippen LogP contribution in [0.25, 0.3) is 0 Å². The first kappa shape index (κ1) is 15.3. The molecule has 0 amide bonds. The Hall–Kier alpha value is -1.05. The second-order valence-corrected chi connectivity index (χ2v) is 7.33. The molecule has 2 rings (SSSR count). The summed E-state index contributed by atoms with van der Waals surface area (Å²) in [6, 6.07) is 3.33. The lowest BCUT2D eigenvalue weighted by Crippen LogP contribution is -2.15. The predicted octanol–water partition coefficient (Wildman–Crippen LogP) is 3.55. The van der Waals surface area contributed by atoms with Crippen molar-refractivity contribution in [3.05, 3.63) is 38.6 Å². The number of aromatic nitrogens is 2. The monoisotopic (exact) mass is 377 g/mol. The molecule has 0 radical (unpaired) electrons. The number of hydrogen-bond donors (Lipinski definition) is 2. The minimum Gasteiger partial charge on any atom is -0.281 e. The first-order chi connectivity index (χ1) is 9.22. The SMILES string of the molecule is Cc1cc(Br)c(NS(=O)(=O)c2c(C)n[nH]c2C)cc1Cl. The molecule has 1 heterocycles. The number of aromatic amines is 1. The smallest absolute Gasteiger partial charge is 0.265 e. The highest BCUT2D eigenvalue weighted by Gasteiger charge is 2.23. The van der Waals surface area contributed by atoms with E-state index < -0.39 is 10.0 Å². The third kappa shape index (κ3) is 2.84. The van der Waals surface area contributed by atoms with Crippen molar-refractivity contribution in [2.24, 2.45) is 0 Å². The van der Waals surface area contributed by atoms with Gasteiger partial charge in [0, 0.05) is 9.50 Å². The van der Waals surface area contributed by atoms with E-state index in [1.54, 1.807) is 26.0 Å². The van der Waals surface area contributed by atoms with Crippen molar-refractivity contribution in [3.63, 3.8) is 0 Å². The van der Waals surface area contributed by atoms with Gasteiger partial charge in [0.05, 0.1) is 17.1 Å². The number of rotatable bonds is 3.